The second kappa shape index (κ2) is 9.13. The first-order chi connectivity index (χ1) is 15.2. The lowest BCUT2D eigenvalue weighted by atomic mass is 10.1. The summed E-state index contributed by atoms with van der Waals surface area (Å²) in [5.41, 5.74) is 3.62. The molecule has 5 rings (SSSR count). The van der Waals surface area contributed by atoms with Crippen molar-refractivity contribution in [3.63, 3.8) is 0 Å². The molecule has 2 aromatic carbocycles. The summed E-state index contributed by atoms with van der Waals surface area (Å²) >= 11 is 14.0. The quantitative estimate of drug-likeness (QED) is 0.347. The molecule has 0 bridgehead atoms. The molecule has 7 heteroatoms. The predicted molar refractivity (Wildman–Crippen MR) is 131 cm³/mol. The predicted octanol–water partition coefficient (Wildman–Crippen LogP) is 6.38. The molecule has 0 spiro atoms. The zero-order valence-corrected chi connectivity index (χ0v) is 19.3. The van der Waals surface area contributed by atoms with Crippen molar-refractivity contribution in [2.24, 2.45) is 0 Å². The third-order valence-electron chi connectivity index (χ3n) is 5.71. The average Bonchev–Trinajstić information content (AvgIpc) is 3.10. The lowest BCUT2D eigenvalue weighted by Gasteiger charge is -2.23. The van der Waals surface area contributed by atoms with Crippen molar-refractivity contribution in [3.8, 4) is 11.1 Å². The van der Waals surface area contributed by atoms with Crippen molar-refractivity contribution in [2.45, 2.75) is 13.0 Å². The van der Waals surface area contributed by atoms with E-state index in [0.717, 1.165) is 55.2 Å². The minimum Gasteiger partial charge on any atom is -0.355 e. The highest BCUT2D eigenvalue weighted by atomic mass is 35.5. The number of thiophene rings is 1. The average molecular weight is 469 g/mol. The number of aromatic nitrogens is 2. The highest BCUT2D eigenvalue weighted by Gasteiger charge is 2.21. The summed E-state index contributed by atoms with van der Waals surface area (Å²) in [5, 5.41) is 4.58. The summed E-state index contributed by atoms with van der Waals surface area (Å²) in [4.78, 5) is 15.2. The Morgan fingerprint density at radius 1 is 0.903 bits per heavy atom. The number of halogens is 2. The number of nitrogens with zero attached hydrogens (tertiary/aromatic N) is 4. The Morgan fingerprint density at radius 2 is 1.77 bits per heavy atom. The molecule has 1 aliphatic heterocycles. The highest BCUT2D eigenvalue weighted by molar-refractivity contribution is 7.17. The summed E-state index contributed by atoms with van der Waals surface area (Å²) in [6.07, 6.45) is 2.78. The van der Waals surface area contributed by atoms with Gasteiger partial charge in [-0.1, -0.05) is 59.6 Å². The fourth-order valence-corrected chi connectivity index (χ4v) is 5.40. The van der Waals surface area contributed by atoms with Crippen molar-refractivity contribution in [2.75, 3.05) is 31.1 Å². The molecule has 0 amide bonds. The van der Waals surface area contributed by atoms with Gasteiger partial charge in [-0.2, -0.15) is 0 Å². The molecule has 1 aliphatic rings. The van der Waals surface area contributed by atoms with Crippen LogP contribution >= 0.6 is 34.5 Å². The molecule has 1 fully saturated rings. The first-order valence-electron chi connectivity index (χ1n) is 10.4. The molecule has 4 nitrogen and oxygen atoms in total. The third kappa shape index (κ3) is 4.41. The molecule has 1 saturated heterocycles. The Balaban J connectivity index is 1.39. The van der Waals surface area contributed by atoms with Gasteiger partial charge >= 0.3 is 0 Å². The molecular formula is C24H22Cl2N4S. The maximum Gasteiger partial charge on any atom is 0.141 e. The lowest BCUT2D eigenvalue weighted by Crippen LogP contribution is -2.31. The van der Waals surface area contributed by atoms with E-state index in [1.54, 1.807) is 17.7 Å². The summed E-state index contributed by atoms with van der Waals surface area (Å²) in [6.45, 7) is 4.79. The Kier molecular flexibility index (Phi) is 6.10. The Morgan fingerprint density at radius 3 is 2.61 bits per heavy atom. The van der Waals surface area contributed by atoms with Crippen LogP contribution in [0.4, 0.5) is 5.82 Å². The fourth-order valence-electron chi connectivity index (χ4n) is 4.17. The standard InChI is InChI=1S/C24H22Cl2N4S/c25-20-8-7-17(13-21(20)26)14-29-9-4-10-30(12-11-29)23-22-19(18-5-2-1-3-6-18)15-31-24(22)28-16-27-23/h1-3,5-8,13,15-16H,4,9-12,14H2. The summed E-state index contributed by atoms with van der Waals surface area (Å²) in [5.74, 6) is 1.04. The van der Waals surface area contributed by atoms with E-state index >= 15 is 0 Å². The molecule has 3 heterocycles. The number of fused-ring (bicyclic) bond motifs is 1. The van der Waals surface area contributed by atoms with E-state index in [1.165, 1.54) is 16.7 Å². The molecule has 4 aromatic rings. The minimum absolute atomic E-state index is 0.602. The second-order valence-corrected chi connectivity index (χ2v) is 9.43. The van der Waals surface area contributed by atoms with Gasteiger partial charge in [-0.05, 0) is 29.7 Å². The summed E-state index contributed by atoms with van der Waals surface area (Å²) in [7, 11) is 0. The largest absolute Gasteiger partial charge is 0.355 e. The van der Waals surface area contributed by atoms with Crippen LogP contribution in [0.25, 0.3) is 21.3 Å². The van der Waals surface area contributed by atoms with Gasteiger partial charge in [0.1, 0.15) is 17.0 Å². The van der Waals surface area contributed by atoms with Crippen molar-refractivity contribution in [1.29, 1.82) is 0 Å². The van der Waals surface area contributed by atoms with E-state index in [0.29, 0.717) is 10.0 Å². The Hall–Kier alpha value is -2.18. The van der Waals surface area contributed by atoms with Gasteiger partial charge in [-0.3, -0.25) is 4.90 Å². The summed E-state index contributed by atoms with van der Waals surface area (Å²) < 4.78 is 0. The topological polar surface area (TPSA) is 32.3 Å². The van der Waals surface area contributed by atoms with Crippen molar-refractivity contribution in [3.05, 3.63) is 75.8 Å². The van der Waals surface area contributed by atoms with Crippen molar-refractivity contribution >= 4 is 50.6 Å². The van der Waals surface area contributed by atoms with Gasteiger partial charge in [0.25, 0.3) is 0 Å². The van der Waals surface area contributed by atoms with Gasteiger partial charge in [-0.15, -0.1) is 11.3 Å². The van der Waals surface area contributed by atoms with Crippen LogP contribution in [0, 0.1) is 0 Å². The molecule has 0 unspecified atom stereocenters. The van der Waals surface area contributed by atoms with Gasteiger partial charge in [0, 0.05) is 43.7 Å². The maximum atomic E-state index is 6.21. The Bertz CT molecular complexity index is 1190. The van der Waals surface area contributed by atoms with Crippen LogP contribution in [0.1, 0.15) is 12.0 Å². The molecule has 158 valence electrons. The van der Waals surface area contributed by atoms with Gasteiger partial charge in [0.05, 0.1) is 15.4 Å². The van der Waals surface area contributed by atoms with E-state index in [9.17, 15) is 0 Å². The first kappa shape index (κ1) is 20.7. The number of hydrogen-bond acceptors (Lipinski definition) is 5. The van der Waals surface area contributed by atoms with Crippen LogP contribution < -0.4 is 4.90 Å². The van der Waals surface area contributed by atoms with Crippen LogP contribution in [0.3, 0.4) is 0 Å². The molecule has 0 aliphatic carbocycles. The van der Waals surface area contributed by atoms with Gasteiger partial charge in [0.2, 0.25) is 0 Å². The molecule has 31 heavy (non-hydrogen) atoms. The number of benzene rings is 2. The van der Waals surface area contributed by atoms with E-state index in [4.69, 9.17) is 28.2 Å². The Labute approximate surface area is 196 Å². The molecule has 0 atom stereocenters. The van der Waals surface area contributed by atoms with Crippen LogP contribution in [0.15, 0.2) is 60.2 Å². The van der Waals surface area contributed by atoms with E-state index in [2.05, 4.69) is 50.5 Å². The van der Waals surface area contributed by atoms with Gasteiger partial charge in [-0.25, -0.2) is 9.97 Å². The van der Waals surface area contributed by atoms with E-state index in [-0.39, 0.29) is 0 Å². The van der Waals surface area contributed by atoms with Gasteiger partial charge < -0.3 is 4.90 Å². The van der Waals surface area contributed by atoms with Crippen molar-refractivity contribution in [1.82, 2.24) is 14.9 Å². The SMILES string of the molecule is Clc1ccc(CN2CCCN(c3ncnc4scc(-c5ccccc5)c34)CC2)cc1Cl. The van der Waals surface area contributed by atoms with Crippen molar-refractivity contribution < 1.29 is 0 Å². The fraction of sp³-hybridized carbons (Fsp3) is 0.250. The lowest BCUT2D eigenvalue weighted by molar-refractivity contribution is 0.285. The molecule has 0 saturated carbocycles. The molecular weight excluding hydrogens is 447 g/mol. The zero-order chi connectivity index (χ0) is 21.2. The highest BCUT2D eigenvalue weighted by Crippen LogP contribution is 2.38. The first-order valence-corrected chi connectivity index (χ1v) is 12.0. The maximum absolute atomic E-state index is 6.21. The van der Waals surface area contributed by atoms with E-state index < -0.39 is 0 Å². The number of rotatable bonds is 4. The van der Waals surface area contributed by atoms with E-state index in [1.807, 2.05) is 18.2 Å². The molecule has 0 N–H and O–H groups in total. The molecule has 2 aromatic heterocycles. The second-order valence-electron chi connectivity index (χ2n) is 7.76. The van der Waals surface area contributed by atoms with Crippen LogP contribution in [-0.4, -0.2) is 41.0 Å². The summed E-state index contributed by atoms with van der Waals surface area (Å²) in [6, 6.07) is 16.4. The van der Waals surface area contributed by atoms with Crippen LogP contribution in [-0.2, 0) is 6.54 Å². The normalized spacial score (nSPS) is 15.4. The molecule has 0 radical (unpaired) electrons. The van der Waals surface area contributed by atoms with Crippen LogP contribution in [0.5, 0.6) is 0 Å². The smallest absolute Gasteiger partial charge is 0.141 e. The minimum atomic E-state index is 0.602. The zero-order valence-electron chi connectivity index (χ0n) is 17.0. The number of anilines is 1. The van der Waals surface area contributed by atoms with Crippen LogP contribution in [0.2, 0.25) is 10.0 Å². The monoisotopic (exact) mass is 468 g/mol. The number of hydrogen-bond donors (Lipinski definition) is 0. The third-order valence-corrected chi connectivity index (χ3v) is 7.34. The van der Waals surface area contributed by atoms with Gasteiger partial charge in [0.15, 0.2) is 0 Å².